The van der Waals surface area contributed by atoms with Gasteiger partial charge in [0.25, 0.3) is 0 Å². The maximum absolute atomic E-state index is 11.4. The van der Waals surface area contributed by atoms with E-state index in [2.05, 4.69) is 16.0 Å². The lowest BCUT2D eigenvalue weighted by molar-refractivity contribution is -0.114. The number of hydrogen-bond acceptors (Lipinski definition) is 4. The van der Waals surface area contributed by atoms with Gasteiger partial charge in [0.05, 0.1) is 0 Å². The summed E-state index contributed by atoms with van der Waals surface area (Å²) in [7, 11) is 0. The van der Waals surface area contributed by atoms with Crippen molar-refractivity contribution < 1.29 is 4.79 Å². The quantitative estimate of drug-likeness (QED) is 0.819. The number of anilines is 1. The van der Waals surface area contributed by atoms with Gasteiger partial charge in [-0.3, -0.25) is 9.69 Å². The van der Waals surface area contributed by atoms with Crippen molar-refractivity contribution in [2.24, 2.45) is 0 Å². The highest BCUT2D eigenvalue weighted by atomic mass is 16.1. The summed E-state index contributed by atoms with van der Waals surface area (Å²) in [5, 5.41) is 0. The number of rotatable bonds is 6. The Hall–Kier alpha value is -1.68. The van der Waals surface area contributed by atoms with E-state index in [0.717, 1.165) is 44.6 Å². The molecule has 4 nitrogen and oxygen atoms in total. The van der Waals surface area contributed by atoms with E-state index in [1.54, 1.807) is 6.08 Å². The molecule has 0 atom stereocenters. The number of hydrogen-bond donors (Lipinski definition) is 1. The molecular weight excluding hydrogens is 274 g/mol. The Morgan fingerprint density at radius 1 is 1.41 bits per heavy atom. The average molecular weight is 303 g/mol. The standard InChI is InChI=1S/C16H23N3O.C2H6/c1-2-5-14(20)6-3-4-10-19-11-9-15-13(12-19)7-8-16(17)18-15;1-2/h3,6-8H,2,4-5,9-12H2,1H3,(H2,17,18);1-2H3. The van der Waals surface area contributed by atoms with Crippen LogP contribution in [0.25, 0.3) is 0 Å². The van der Waals surface area contributed by atoms with Crippen molar-refractivity contribution in [1.82, 2.24) is 9.88 Å². The Labute approximate surface area is 134 Å². The molecule has 22 heavy (non-hydrogen) atoms. The molecule has 0 radical (unpaired) electrons. The third-order valence-electron chi connectivity index (χ3n) is 3.56. The molecule has 0 saturated carbocycles. The van der Waals surface area contributed by atoms with Gasteiger partial charge in [0.2, 0.25) is 0 Å². The number of nitrogen functional groups attached to an aromatic ring is 1. The van der Waals surface area contributed by atoms with Crippen LogP contribution in [0.4, 0.5) is 5.82 Å². The molecular formula is C18H29N3O. The third-order valence-corrected chi connectivity index (χ3v) is 3.56. The zero-order valence-electron chi connectivity index (χ0n) is 14.1. The van der Waals surface area contributed by atoms with Crippen molar-refractivity contribution in [2.45, 2.75) is 53.0 Å². The van der Waals surface area contributed by atoms with E-state index in [1.807, 2.05) is 32.9 Å². The highest BCUT2D eigenvalue weighted by molar-refractivity contribution is 5.89. The number of carbonyl (C=O) groups is 1. The summed E-state index contributed by atoms with van der Waals surface area (Å²) in [4.78, 5) is 18.1. The van der Waals surface area contributed by atoms with Crippen LogP contribution in [-0.2, 0) is 17.8 Å². The summed E-state index contributed by atoms with van der Waals surface area (Å²) >= 11 is 0. The fourth-order valence-corrected chi connectivity index (χ4v) is 2.48. The SMILES string of the molecule is CC.CCCC(=O)C=CCCN1CCc2nc(N)ccc2C1. The predicted octanol–water partition coefficient (Wildman–Crippen LogP) is 3.36. The minimum Gasteiger partial charge on any atom is -0.384 e. The first kappa shape index (κ1) is 18.4. The largest absolute Gasteiger partial charge is 0.384 e. The summed E-state index contributed by atoms with van der Waals surface area (Å²) in [6, 6.07) is 3.94. The normalized spacial score (nSPS) is 14.3. The smallest absolute Gasteiger partial charge is 0.155 e. The highest BCUT2D eigenvalue weighted by Gasteiger charge is 2.16. The van der Waals surface area contributed by atoms with Crippen molar-refractivity contribution >= 4 is 11.6 Å². The van der Waals surface area contributed by atoms with Gasteiger partial charge >= 0.3 is 0 Å². The molecule has 0 spiro atoms. The molecule has 1 aliphatic rings. The molecule has 4 heteroatoms. The lowest BCUT2D eigenvalue weighted by Gasteiger charge is -2.27. The van der Waals surface area contributed by atoms with Crippen LogP contribution in [0.15, 0.2) is 24.3 Å². The minimum atomic E-state index is 0.233. The Morgan fingerprint density at radius 3 is 2.91 bits per heavy atom. The Morgan fingerprint density at radius 2 is 2.18 bits per heavy atom. The van der Waals surface area contributed by atoms with Gasteiger partial charge in [0.1, 0.15) is 5.82 Å². The molecule has 2 N–H and O–H groups in total. The molecule has 0 saturated heterocycles. The second kappa shape index (κ2) is 10.1. The van der Waals surface area contributed by atoms with Crippen LogP contribution in [-0.4, -0.2) is 28.8 Å². The van der Waals surface area contributed by atoms with Gasteiger partial charge in [0.15, 0.2) is 5.78 Å². The van der Waals surface area contributed by atoms with Crippen molar-refractivity contribution in [1.29, 1.82) is 0 Å². The van der Waals surface area contributed by atoms with Crippen LogP contribution in [0.5, 0.6) is 0 Å². The van der Waals surface area contributed by atoms with Gasteiger partial charge in [-0.25, -0.2) is 4.98 Å². The zero-order valence-corrected chi connectivity index (χ0v) is 14.1. The van der Waals surface area contributed by atoms with Crippen LogP contribution < -0.4 is 5.73 Å². The Bertz CT molecular complexity index is 497. The molecule has 1 aromatic heterocycles. The molecule has 2 heterocycles. The number of nitrogens with two attached hydrogens (primary N) is 1. The molecule has 2 rings (SSSR count). The lowest BCUT2D eigenvalue weighted by Crippen LogP contribution is -2.31. The Balaban J connectivity index is 0.00000116. The fraction of sp³-hybridized carbons (Fsp3) is 0.556. The zero-order chi connectivity index (χ0) is 16.4. The molecule has 1 aromatic rings. The van der Waals surface area contributed by atoms with Crippen molar-refractivity contribution in [3.05, 3.63) is 35.5 Å². The molecule has 0 aliphatic carbocycles. The maximum Gasteiger partial charge on any atom is 0.155 e. The van der Waals surface area contributed by atoms with E-state index in [4.69, 9.17) is 5.73 Å². The summed E-state index contributed by atoms with van der Waals surface area (Å²) < 4.78 is 0. The van der Waals surface area contributed by atoms with Crippen LogP contribution in [0.3, 0.4) is 0 Å². The van der Waals surface area contributed by atoms with E-state index in [1.165, 1.54) is 5.56 Å². The summed E-state index contributed by atoms with van der Waals surface area (Å²) in [6.07, 6.45) is 7.17. The summed E-state index contributed by atoms with van der Waals surface area (Å²) in [5.74, 6) is 0.839. The van der Waals surface area contributed by atoms with Crippen LogP contribution in [0, 0.1) is 0 Å². The number of aromatic nitrogens is 1. The van der Waals surface area contributed by atoms with E-state index < -0.39 is 0 Å². The van der Waals surface area contributed by atoms with Gasteiger partial charge < -0.3 is 5.73 Å². The third kappa shape index (κ3) is 5.98. The van der Waals surface area contributed by atoms with E-state index in [-0.39, 0.29) is 5.78 Å². The summed E-state index contributed by atoms with van der Waals surface area (Å²) in [6.45, 7) is 8.96. The number of carbonyl (C=O) groups excluding carboxylic acids is 1. The van der Waals surface area contributed by atoms with Gasteiger partial charge in [-0.1, -0.05) is 32.9 Å². The topological polar surface area (TPSA) is 59.2 Å². The second-order valence-electron chi connectivity index (χ2n) is 5.28. The first-order valence-corrected chi connectivity index (χ1v) is 8.35. The minimum absolute atomic E-state index is 0.233. The first-order valence-electron chi connectivity index (χ1n) is 8.35. The monoisotopic (exact) mass is 303 g/mol. The average Bonchev–Trinajstić information content (AvgIpc) is 2.54. The van der Waals surface area contributed by atoms with Crippen LogP contribution >= 0.6 is 0 Å². The highest BCUT2D eigenvalue weighted by Crippen LogP contribution is 2.18. The van der Waals surface area contributed by atoms with Crippen LogP contribution in [0.2, 0.25) is 0 Å². The molecule has 0 amide bonds. The number of ketones is 1. The molecule has 1 aliphatic heterocycles. The molecule has 122 valence electrons. The van der Waals surface area contributed by atoms with Crippen molar-refractivity contribution in [3.63, 3.8) is 0 Å². The maximum atomic E-state index is 11.4. The lowest BCUT2D eigenvalue weighted by atomic mass is 10.1. The van der Waals surface area contributed by atoms with E-state index in [9.17, 15) is 4.79 Å². The van der Waals surface area contributed by atoms with Crippen molar-refractivity contribution in [2.75, 3.05) is 18.8 Å². The van der Waals surface area contributed by atoms with E-state index in [0.29, 0.717) is 12.2 Å². The van der Waals surface area contributed by atoms with Crippen molar-refractivity contribution in [3.8, 4) is 0 Å². The van der Waals surface area contributed by atoms with Gasteiger partial charge in [-0.05, 0) is 30.5 Å². The molecule has 0 aromatic carbocycles. The van der Waals surface area contributed by atoms with Gasteiger partial charge in [-0.2, -0.15) is 0 Å². The van der Waals surface area contributed by atoms with Gasteiger partial charge in [-0.15, -0.1) is 0 Å². The number of allylic oxidation sites excluding steroid dienone is 1. The molecule has 0 unspecified atom stereocenters. The molecule has 0 bridgehead atoms. The Kier molecular flexibility index (Phi) is 8.44. The summed E-state index contributed by atoms with van der Waals surface area (Å²) in [5.41, 5.74) is 8.11. The fourth-order valence-electron chi connectivity index (χ4n) is 2.48. The second-order valence-corrected chi connectivity index (χ2v) is 5.28. The van der Waals surface area contributed by atoms with Crippen LogP contribution in [0.1, 0.15) is 51.3 Å². The molecule has 0 fully saturated rings. The predicted molar refractivity (Wildman–Crippen MR) is 92.7 cm³/mol. The number of pyridine rings is 1. The first-order chi connectivity index (χ1) is 10.7. The number of fused-ring (bicyclic) bond motifs is 1. The number of nitrogens with zero attached hydrogens (tertiary/aromatic N) is 2. The van der Waals surface area contributed by atoms with Gasteiger partial charge in [0, 0.05) is 38.2 Å². The van der Waals surface area contributed by atoms with E-state index >= 15 is 0 Å².